The second kappa shape index (κ2) is 11.6. The number of anilines is 1. The number of nitrogens with zero attached hydrogens (tertiary/aromatic N) is 4. The van der Waals surface area contributed by atoms with Gasteiger partial charge in [-0.25, -0.2) is 4.98 Å². The van der Waals surface area contributed by atoms with Crippen molar-refractivity contribution in [3.05, 3.63) is 57.6 Å². The van der Waals surface area contributed by atoms with Crippen LogP contribution in [0.15, 0.2) is 41.7 Å². The molecule has 2 aromatic heterocycles. The van der Waals surface area contributed by atoms with Crippen LogP contribution in [0.5, 0.6) is 5.75 Å². The molecule has 11 heteroatoms. The zero-order valence-electron chi connectivity index (χ0n) is 16.6. The molecule has 0 saturated carbocycles. The lowest BCUT2D eigenvalue weighted by Crippen LogP contribution is -2.15. The molecule has 1 N–H and O–H groups in total. The molecule has 0 aliphatic rings. The molecule has 3 rings (SSSR count). The van der Waals surface area contributed by atoms with Gasteiger partial charge in [0.15, 0.2) is 10.3 Å². The normalized spacial score (nSPS) is 10.8. The molecule has 0 unspecified atom stereocenters. The average molecular weight is 501 g/mol. The van der Waals surface area contributed by atoms with Crippen LogP contribution in [0.25, 0.3) is 0 Å². The van der Waals surface area contributed by atoms with Gasteiger partial charge >= 0.3 is 0 Å². The summed E-state index contributed by atoms with van der Waals surface area (Å²) in [6, 6.07) is 8.53. The Labute approximate surface area is 199 Å². The first kappa shape index (κ1) is 23.7. The van der Waals surface area contributed by atoms with E-state index in [0.717, 1.165) is 12.2 Å². The van der Waals surface area contributed by atoms with Gasteiger partial charge in [-0.3, -0.25) is 4.79 Å². The summed E-state index contributed by atoms with van der Waals surface area (Å²) in [6.45, 7) is 3.19. The van der Waals surface area contributed by atoms with Crippen LogP contribution in [-0.2, 0) is 17.8 Å². The lowest BCUT2D eigenvalue weighted by molar-refractivity contribution is -0.113. The molecule has 2 heterocycles. The van der Waals surface area contributed by atoms with Crippen LogP contribution >= 0.6 is 46.6 Å². The van der Waals surface area contributed by atoms with Crippen molar-refractivity contribution in [2.45, 2.75) is 31.5 Å². The van der Waals surface area contributed by atoms with Gasteiger partial charge < -0.3 is 14.6 Å². The molecule has 164 valence electrons. The molecule has 3 aromatic rings. The topological polar surface area (TPSA) is 81.9 Å². The number of carbonyl (C=O) groups excluding carboxylic acids is 1. The Morgan fingerprint density at radius 1 is 1.23 bits per heavy atom. The van der Waals surface area contributed by atoms with Crippen LogP contribution in [0, 0.1) is 0 Å². The molecular weight excluding hydrogens is 481 g/mol. The number of hydrogen-bond donors (Lipinski definition) is 1. The van der Waals surface area contributed by atoms with Gasteiger partial charge in [-0.1, -0.05) is 46.6 Å². The van der Waals surface area contributed by atoms with Gasteiger partial charge in [-0.15, -0.1) is 10.2 Å². The van der Waals surface area contributed by atoms with E-state index in [1.165, 1.54) is 11.8 Å². The van der Waals surface area contributed by atoms with E-state index in [4.69, 9.17) is 39.5 Å². The van der Waals surface area contributed by atoms with E-state index in [1.54, 1.807) is 36.5 Å². The number of halogens is 3. The fraction of sp³-hybridized carbons (Fsp3) is 0.300. The maximum atomic E-state index is 12.2. The number of benzene rings is 1. The number of amides is 1. The number of hydrogen-bond acceptors (Lipinski definition) is 6. The molecule has 0 spiro atoms. The molecule has 1 amide bonds. The SMILES string of the molecule is CCn1c(CCCOc2ccc(Cl)cc2Cl)nnc1SCC(=O)Nc1cccnc1Cl. The Bertz CT molecular complexity index is 1050. The minimum atomic E-state index is -0.194. The summed E-state index contributed by atoms with van der Waals surface area (Å²) >= 11 is 19.3. The van der Waals surface area contributed by atoms with Crippen LogP contribution in [0.3, 0.4) is 0 Å². The van der Waals surface area contributed by atoms with E-state index in [0.29, 0.717) is 46.2 Å². The predicted octanol–water partition coefficient (Wildman–Crippen LogP) is 5.40. The summed E-state index contributed by atoms with van der Waals surface area (Å²) < 4.78 is 7.71. The summed E-state index contributed by atoms with van der Waals surface area (Å²) in [5.41, 5.74) is 0.480. The maximum absolute atomic E-state index is 12.2. The summed E-state index contributed by atoms with van der Waals surface area (Å²) in [6.07, 6.45) is 2.99. The molecule has 7 nitrogen and oxygen atoms in total. The first-order chi connectivity index (χ1) is 15.0. The predicted molar refractivity (Wildman–Crippen MR) is 125 cm³/mol. The van der Waals surface area contributed by atoms with E-state index >= 15 is 0 Å². The van der Waals surface area contributed by atoms with Gasteiger partial charge in [0, 0.05) is 24.2 Å². The Kier molecular flexibility index (Phi) is 8.83. The lowest BCUT2D eigenvalue weighted by atomic mass is 10.3. The molecule has 0 saturated heterocycles. The highest BCUT2D eigenvalue weighted by Crippen LogP contribution is 2.27. The molecule has 0 bridgehead atoms. The van der Waals surface area contributed by atoms with E-state index in [-0.39, 0.29) is 16.8 Å². The van der Waals surface area contributed by atoms with E-state index in [1.807, 2.05) is 11.5 Å². The third-order valence-electron chi connectivity index (χ3n) is 4.17. The number of thioether (sulfide) groups is 1. The van der Waals surface area contributed by atoms with Crippen molar-refractivity contribution in [1.82, 2.24) is 19.7 Å². The second-order valence-electron chi connectivity index (χ2n) is 6.35. The number of rotatable bonds is 10. The molecule has 0 atom stereocenters. The van der Waals surface area contributed by atoms with Crippen molar-refractivity contribution in [2.24, 2.45) is 0 Å². The van der Waals surface area contributed by atoms with Gasteiger partial charge in [-0.2, -0.15) is 0 Å². The highest BCUT2D eigenvalue weighted by atomic mass is 35.5. The van der Waals surface area contributed by atoms with Crippen molar-refractivity contribution in [3.8, 4) is 5.75 Å². The van der Waals surface area contributed by atoms with Gasteiger partial charge in [0.2, 0.25) is 5.91 Å². The first-order valence-corrected chi connectivity index (χ1v) is 11.6. The van der Waals surface area contributed by atoms with E-state index in [9.17, 15) is 4.79 Å². The molecule has 31 heavy (non-hydrogen) atoms. The Morgan fingerprint density at radius 2 is 2.06 bits per heavy atom. The lowest BCUT2D eigenvalue weighted by Gasteiger charge is -2.09. The average Bonchev–Trinajstić information content (AvgIpc) is 3.14. The number of aromatic nitrogens is 4. The molecule has 0 fully saturated rings. The third-order valence-corrected chi connectivity index (χ3v) is 5.97. The van der Waals surface area contributed by atoms with Crippen molar-refractivity contribution in [2.75, 3.05) is 17.7 Å². The number of pyridine rings is 1. The largest absolute Gasteiger partial charge is 0.492 e. The Morgan fingerprint density at radius 3 is 2.81 bits per heavy atom. The van der Waals surface area contributed by atoms with Crippen molar-refractivity contribution in [3.63, 3.8) is 0 Å². The summed E-state index contributed by atoms with van der Waals surface area (Å²) in [5.74, 6) is 1.42. The van der Waals surface area contributed by atoms with Crippen molar-refractivity contribution in [1.29, 1.82) is 0 Å². The van der Waals surface area contributed by atoms with Crippen LogP contribution in [0.2, 0.25) is 15.2 Å². The molecular formula is C20H20Cl3N5O2S. The fourth-order valence-electron chi connectivity index (χ4n) is 2.73. The zero-order chi connectivity index (χ0) is 22.2. The number of aryl methyl sites for hydroxylation is 1. The zero-order valence-corrected chi connectivity index (χ0v) is 19.7. The molecule has 0 aliphatic heterocycles. The van der Waals surface area contributed by atoms with Crippen LogP contribution in [-0.4, -0.2) is 38.0 Å². The van der Waals surface area contributed by atoms with Crippen LogP contribution in [0.4, 0.5) is 5.69 Å². The first-order valence-electron chi connectivity index (χ1n) is 9.51. The van der Waals surface area contributed by atoms with Gasteiger partial charge in [0.25, 0.3) is 0 Å². The minimum absolute atomic E-state index is 0.182. The fourth-order valence-corrected chi connectivity index (χ4v) is 4.18. The molecule has 0 radical (unpaired) electrons. The quantitative estimate of drug-likeness (QED) is 0.228. The van der Waals surface area contributed by atoms with Gasteiger partial charge in [0.1, 0.15) is 11.6 Å². The number of ether oxygens (including phenoxy) is 1. The maximum Gasteiger partial charge on any atom is 0.234 e. The van der Waals surface area contributed by atoms with Crippen LogP contribution in [0.1, 0.15) is 19.2 Å². The Balaban J connectivity index is 1.49. The molecule has 0 aliphatic carbocycles. The van der Waals surface area contributed by atoms with Gasteiger partial charge in [0.05, 0.1) is 23.1 Å². The third kappa shape index (κ3) is 6.74. The van der Waals surface area contributed by atoms with Crippen LogP contribution < -0.4 is 10.1 Å². The summed E-state index contributed by atoms with van der Waals surface area (Å²) in [4.78, 5) is 16.2. The number of carbonyl (C=O) groups is 1. The smallest absolute Gasteiger partial charge is 0.234 e. The summed E-state index contributed by atoms with van der Waals surface area (Å²) in [5, 5.41) is 13.2. The number of nitrogens with one attached hydrogen (secondary N) is 1. The molecule has 1 aromatic carbocycles. The summed E-state index contributed by atoms with van der Waals surface area (Å²) in [7, 11) is 0. The van der Waals surface area contributed by atoms with E-state index in [2.05, 4.69) is 20.5 Å². The highest BCUT2D eigenvalue weighted by molar-refractivity contribution is 7.99. The Hall–Kier alpha value is -2.00. The monoisotopic (exact) mass is 499 g/mol. The van der Waals surface area contributed by atoms with E-state index < -0.39 is 0 Å². The van der Waals surface area contributed by atoms with Gasteiger partial charge in [-0.05, 0) is 43.7 Å². The second-order valence-corrected chi connectivity index (χ2v) is 8.49. The van der Waals surface area contributed by atoms with Crippen molar-refractivity contribution < 1.29 is 9.53 Å². The highest BCUT2D eigenvalue weighted by Gasteiger charge is 2.14. The minimum Gasteiger partial charge on any atom is -0.492 e. The standard InChI is InChI=1S/C20H20Cl3N5O2S/c1-2-28-17(6-4-10-30-16-8-7-13(21)11-14(16)22)26-27-20(28)31-12-18(29)25-15-5-3-9-24-19(15)23/h3,5,7-9,11H,2,4,6,10,12H2,1H3,(H,25,29). The van der Waals surface area contributed by atoms with Crippen molar-refractivity contribution >= 4 is 58.2 Å².